The van der Waals surface area contributed by atoms with Crippen LogP contribution in [0, 0.1) is 6.92 Å². The van der Waals surface area contributed by atoms with Crippen molar-refractivity contribution in [1.82, 2.24) is 15.5 Å². The van der Waals surface area contributed by atoms with Crippen LogP contribution in [0.3, 0.4) is 0 Å². The fourth-order valence-corrected chi connectivity index (χ4v) is 1.43. The van der Waals surface area contributed by atoms with E-state index in [1.165, 1.54) is 5.56 Å². The fraction of sp³-hybridized carbons (Fsp3) is 0.231. The van der Waals surface area contributed by atoms with Crippen LogP contribution in [0.2, 0.25) is 0 Å². The van der Waals surface area contributed by atoms with Crippen LogP contribution < -0.4 is 5.32 Å². The lowest BCUT2D eigenvalue weighted by atomic mass is 10.2. The first-order chi connectivity index (χ1) is 8.34. The third-order valence-corrected chi connectivity index (χ3v) is 2.22. The van der Waals surface area contributed by atoms with E-state index in [9.17, 15) is 0 Å². The van der Waals surface area contributed by atoms with E-state index in [0.29, 0.717) is 18.3 Å². The van der Waals surface area contributed by atoms with Gasteiger partial charge >= 0.3 is 0 Å². The van der Waals surface area contributed by atoms with Gasteiger partial charge in [-0.1, -0.05) is 47.6 Å². The Morgan fingerprint density at radius 1 is 1.29 bits per heavy atom. The average molecular weight is 229 g/mol. The van der Waals surface area contributed by atoms with Crippen molar-refractivity contribution in [1.29, 1.82) is 0 Å². The van der Waals surface area contributed by atoms with Gasteiger partial charge in [-0.05, 0) is 12.5 Å². The van der Waals surface area contributed by atoms with E-state index in [0.717, 1.165) is 6.54 Å². The van der Waals surface area contributed by atoms with Gasteiger partial charge in [-0.3, -0.25) is 0 Å². The maximum Gasteiger partial charge on any atom is 0.240 e. The van der Waals surface area contributed by atoms with Crippen LogP contribution in [-0.2, 0) is 6.54 Å². The van der Waals surface area contributed by atoms with Crippen LogP contribution in [0.25, 0.3) is 6.08 Å². The van der Waals surface area contributed by atoms with Crippen molar-refractivity contribution in [3.8, 4) is 0 Å². The maximum absolute atomic E-state index is 4.98. The Morgan fingerprint density at radius 3 is 2.82 bits per heavy atom. The molecule has 1 aromatic carbocycles. The van der Waals surface area contributed by atoms with E-state index in [2.05, 4.69) is 39.7 Å². The molecule has 0 bridgehead atoms. The fourth-order valence-electron chi connectivity index (χ4n) is 1.43. The second-order valence-electron chi connectivity index (χ2n) is 3.68. The van der Waals surface area contributed by atoms with Gasteiger partial charge in [0.15, 0.2) is 5.82 Å². The number of aryl methyl sites for hydroxylation is 1. The molecule has 0 amide bonds. The molecule has 0 saturated carbocycles. The first-order valence-electron chi connectivity index (χ1n) is 5.56. The summed E-state index contributed by atoms with van der Waals surface area (Å²) < 4.78 is 4.98. The van der Waals surface area contributed by atoms with Crippen LogP contribution in [0.1, 0.15) is 17.3 Å². The lowest BCUT2D eigenvalue weighted by Crippen LogP contribution is -2.12. The topological polar surface area (TPSA) is 51.0 Å². The van der Waals surface area contributed by atoms with E-state index in [-0.39, 0.29) is 0 Å². The van der Waals surface area contributed by atoms with Crippen LogP contribution in [-0.4, -0.2) is 16.7 Å². The molecular weight excluding hydrogens is 214 g/mol. The minimum Gasteiger partial charge on any atom is -0.338 e. The highest BCUT2D eigenvalue weighted by Gasteiger charge is 1.99. The monoisotopic (exact) mass is 229 g/mol. The highest BCUT2D eigenvalue weighted by molar-refractivity contribution is 5.48. The van der Waals surface area contributed by atoms with Gasteiger partial charge in [0, 0.05) is 6.54 Å². The van der Waals surface area contributed by atoms with Crippen molar-refractivity contribution in [2.24, 2.45) is 0 Å². The summed E-state index contributed by atoms with van der Waals surface area (Å²) in [4.78, 5) is 4.10. The van der Waals surface area contributed by atoms with Gasteiger partial charge in [0.25, 0.3) is 0 Å². The molecule has 0 fully saturated rings. The van der Waals surface area contributed by atoms with E-state index in [1.54, 1.807) is 0 Å². The molecule has 4 nitrogen and oxygen atoms in total. The molecule has 0 aliphatic rings. The molecule has 2 aromatic rings. The zero-order valence-electron chi connectivity index (χ0n) is 9.76. The largest absolute Gasteiger partial charge is 0.338 e. The van der Waals surface area contributed by atoms with E-state index < -0.39 is 0 Å². The highest BCUT2D eigenvalue weighted by Crippen LogP contribution is 2.00. The van der Waals surface area contributed by atoms with Crippen molar-refractivity contribution in [2.75, 3.05) is 6.54 Å². The van der Waals surface area contributed by atoms with Gasteiger partial charge in [-0.15, -0.1) is 0 Å². The summed E-state index contributed by atoms with van der Waals surface area (Å²) in [5, 5.41) is 6.92. The molecule has 0 atom stereocenters. The molecular formula is C13H15N3O. The molecule has 0 radical (unpaired) electrons. The van der Waals surface area contributed by atoms with Gasteiger partial charge in [0.1, 0.15) is 0 Å². The standard InChI is InChI=1S/C13H15N3O/c1-11-15-13(17-16-11)10-14-9-5-8-12-6-3-2-4-7-12/h2-8,14H,9-10H2,1H3. The minimum absolute atomic E-state index is 0.597. The Bertz CT molecular complexity index is 476. The van der Waals surface area contributed by atoms with Crippen molar-refractivity contribution in [3.63, 3.8) is 0 Å². The molecule has 17 heavy (non-hydrogen) atoms. The van der Waals surface area contributed by atoms with Crippen LogP contribution in [0.15, 0.2) is 40.9 Å². The first-order valence-corrected chi connectivity index (χ1v) is 5.56. The molecule has 2 rings (SSSR count). The summed E-state index contributed by atoms with van der Waals surface area (Å²) in [6.45, 7) is 3.18. The number of rotatable bonds is 5. The molecule has 0 aliphatic carbocycles. The van der Waals surface area contributed by atoms with Crippen molar-refractivity contribution in [3.05, 3.63) is 53.7 Å². The van der Waals surface area contributed by atoms with Crippen LogP contribution >= 0.6 is 0 Å². The van der Waals surface area contributed by atoms with Gasteiger partial charge in [0.2, 0.25) is 5.89 Å². The third-order valence-electron chi connectivity index (χ3n) is 2.22. The molecule has 0 aliphatic heterocycles. The Balaban J connectivity index is 1.71. The summed E-state index contributed by atoms with van der Waals surface area (Å²) in [6, 6.07) is 10.2. The normalized spacial score (nSPS) is 11.1. The average Bonchev–Trinajstić information content (AvgIpc) is 2.76. The zero-order valence-corrected chi connectivity index (χ0v) is 9.76. The number of benzene rings is 1. The summed E-state index contributed by atoms with van der Waals surface area (Å²) >= 11 is 0. The summed E-state index contributed by atoms with van der Waals surface area (Å²) in [5.41, 5.74) is 1.20. The lowest BCUT2D eigenvalue weighted by Gasteiger charge is -1.95. The van der Waals surface area contributed by atoms with Crippen LogP contribution in [0.4, 0.5) is 0 Å². The van der Waals surface area contributed by atoms with E-state index in [1.807, 2.05) is 25.1 Å². The Morgan fingerprint density at radius 2 is 2.12 bits per heavy atom. The lowest BCUT2D eigenvalue weighted by molar-refractivity contribution is 0.367. The van der Waals surface area contributed by atoms with Gasteiger partial charge in [0.05, 0.1) is 6.54 Å². The molecule has 1 aromatic heterocycles. The van der Waals surface area contributed by atoms with E-state index in [4.69, 9.17) is 4.52 Å². The maximum atomic E-state index is 4.98. The molecule has 88 valence electrons. The second kappa shape index (κ2) is 5.96. The molecule has 0 spiro atoms. The Labute approximate surface area is 100 Å². The molecule has 0 unspecified atom stereocenters. The Kier molecular flexibility index (Phi) is 4.05. The van der Waals surface area contributed by atoms with Gasteiger partial charge in [-0.25, -0.2) is 0 Å². The van der Waals surface area contributed by atoms with Crippen LogP contribution in [0.5, 0.6) is 0 Å². The summed E-state index contributed by atoms with van der Waals surface area (Å²) in [5.74, 6) is 1.29. The number of aromatic nitrogens is 2. The van der Waals surface area contributed by atoms with Crippen molar-refractivity contribution in [2.45, 2.75) is 13.5 Å². The van der Waals surface area contributed by atoms with E-state index >= 15 is 0 Å². The predicted molar refractivity (Wildman–Crippen MR) is 66.2 cm³/mol. The van der Waals surface area contributed by atoms with Crippen molar-refractivity contribution < 1.29 is 4.52 Å². The minimum atomic E-state index is 0.597. The molecule has 1 heterocycles. The highest BCUT2D eigenvalue weighted by atomic mass is 16.5. The zero-order chi connectivity index (χ0) is 11.9. The number of hydrogen-bond acceptors (Lipinski definition) is 4. The SMILES string of the molecule is Cc1noc(CNCC=Cc2ccccc2)n1. The number of nitrogens with zero attached hydrogens (tertiary/aromatic N) is 2. The summed E-state index contributed by atoms with van der Waals surface area (Å²) in [6.07, 6.45) is 4.14. The van der Waals surface area contributed by atoms with Crippen molar-refractivity contribution >= 4 is 6.08 Å². The van der Waals surface area contributed by atoms with Gasteiger partial charge < -0.3 is 9.84 Å². The molecule has 1 N–H and O–H groups in total. The predicted octanol–water partition coefficient (Wildman–Crippen LogP) is 2.18. The molecule has 0 saturated heterocycles. The third kappa shape index (κ3) is 3.85. The van der Waals surface area contributed by atoms with Gasteiger partial charge in [-0.2, -0.15) is 4.98 Å². The second-order valence-corrected chi connectivity index (χ2v) is 3.68. The summed E-state index contributed by atoms with van der Waals surface area (Å²) in [7, 11) is 0. The smallest absolute Gasteiger partial charge is 0.240 e. The number of hydrogen-bond donors (Lipinski definition) is 1. The number of nitrogens with one attached hydrogen (secondary N) is 1. The molecule has 4 heteroatoms. The quantitative estimate of drug-likeness (QED) is 0.798. The Hall–Kier alpha value is -1.94. The first kappa shape index (κ1) is 11.5.